The molecule has 1 radical (unpaired) electrons. The number of benzene rings is 1. The lowest BCUT2D eigenvalue weighted by Crippen LogP contribution is -1.79. The van der Waals surface area contributed by atoms with Crippen LogP contribution in [-0.4, -0.2) is 15.2 Å². The summed E-state index contributed by atoms with van der Waals surface area (Å²) >= 11 is 0. The normalized spacial score (nSPS) is 10.3. The second kappa shape index (κ2) is 2.37. The minimum atomic E-state index is -0.311. The molecule has 0 aliphatic heterocycles. The summed E-state index contributed by atoms with van der Waals surface area (Å²) in [5.74, 6) is -0.477. The van der Waals surface area contributed by atoms with E-state index in [1.165, 1.54) is 0 Å². The average Bonchev–Trinajstić information content (AvgIpc) is 2.12. The summed E-state index contributed by atoms with van der Waals surface area (Å²) < 4.78 is 0. The topological polar surface area (TPSA) is 53.4 Å². The highest BCUT2D eigenvalue weighted by Gasteiger charge is 2.04. The van der Waals surface area contributed by atoms with E-state index in [0.29, 0.717) is 10.9 Å². The van der Waals surface area contributed by atoms with Crippen molar-refractivity contribution in [3.63, 3.8) is 0 Å². The van der Waals surface area contributed by atoms with Gasteiger partial charge in [-0.05, 0) is 12.1 Å². The fourth-order valence-corrected chi connectivity index (χ4v) is 1.07. The molecule has 0 fully saturated rings. The minimum absolute atomic E-state index is 0.166. The number of nitrogens with zero attached hydrogens (tertiary/aromatic N) is 1. The van der Waals surface area contributed by atoms with Crippen molar-refractivity contribution in [2.45, 2.75) is 0 Å². The Morgan fingerprint density at radius 3 is 2.75 bits per heavy atom. The largest absolute Gasteiger partial charge is 0.504 e. The fraction of sp³-hybridized carbons (Fsp3) is 0. The molecule has 12 heavy (non-hydrogen) atoms. The van der Waals surface area contributed by atoms with Gasteiger partial charge in [0.2, 0.25) is 0 Å². The van der Waals surface area contributed by atoms with E-state index in [9.17, 15) is 5.11 Å². The number of aromatic nitrogens is 1. The number of fused-ring (bicyclic) bond motifs is 1. The van der Waals surface area contributed by atoms with Gasteiger partial charge in [0, 0.05) is 5.39 Å². The standard InChI is InChI=1S/C9H6NO2/c11-8-5-10-7-4-2-1-3-6(7)9(8)12/h1-4,11H,(H,10,12). The van der Waals surface area contributed by atoms with E-state index < -0.39 is 0 Å². The number of rotatable bonds is 0. The molecule has 1 aromatic carbocycles. The van der Waals surface area contributed by atoms with Gasteiger partial charge in [0.05, 0.1) is 5.52 Å². The highest BCUT2D eigenvalue weighted by molar-refractivity contribution is 5.86. The molecule has 0 atom stereocenters. The van der Waals surface area contributed by atoms with Gasteiger partial charge in [0.25, 0.3) is 0 Å². The Balaban J connectivity index is 2.91. The van der Waals surface area contributed by atoms with E-state index >= 15 is 0 Å². The maximum absolute atomic E-state index is 9.34. The van der Waals surface area contributed by atoms with Crippen molar-refractivity contribution >= 4 is 10.9 Å². The van der Waals surface area contributed by atoms with Gasteiger partial charge in [-0.3, -0.25) is 0 Å². The van der Waals surface area contributed by atoms with Crippen LogP contribution in [0.5, 0.6) is 11.5 Å². The molecule has 0 spiro atoms. The van der Waals surface area contributed by atoms with Crippen molar-refractivity contribution in [3.05, 3.63) is 30.5 Å². The van der Waals surface area contributed by atoms with E-state index in [2.05, 4.69) is 11.2 Å². The third-order valence-corrected chi connectivity index (χ3v) is 1.67. The first-order valence-corrected chi connectivity index (χ1v) is 3.47. The van der Waals surface area contributed by atoms with Crippen molar-refractivity contribution in [1.29, 1.82) is 0 Å². The molecule has 0 aliphatic rings. The molecule has 0 bridgehead atoms. The fourth-order valence-electron chi connectivity index (χ4n) is 1.07. The van der Waals surface area contributed by atoms with Crippen molar-refractivity contribution in [2.75, 3.05) is 0 Å². The molecular weight excluding hydrogens is 154 g/mol. The van der Waals surface area contributed by atoms with Gasteiger partial charge in [-0.1, -0.05) is 12.1 Å². The van der Waals surface area contributed by atoms with E-state index in [0.717, 1.165) is 0 Å². The molecule has 0 saturated heterocycles. The Kier molecular flexibility index (Phi) is 1.37. The molecule has 1 heterocycles. The molecule has 2 N–H and O–H groups in total. The van der Waals surface area contributed by atoms with Crippen LogP contribution in [0.25, 0.3) is 10.9 Å². The molecule has 3 heteroatoms. The highest BCUT2D eigenvalue weighted by Crippen LogP contribution is 2.30. The zero-order valence-electron chi connectivity index (χ0n) is 6.15. The quantitative estimate of drug-likeness (QED) is 0.613. The van der Waals surface area contributed by atoms with Gasteiger partial charge in [-0.25, -0.2) is 4.98 Å². The second-order valence-corrected chi connectivity index (χ2v) is 2.44. The van der Waals surface area contributed by atoms with Gasteiger partial charge < -0.3 is 10.2 Å². The van der Waals surface area contributed by atoms with Gasteiger partial charge in [0.15, 0.2) is 11.5 Å². The van der Waals surface area contributed by atoms with Gasteiger partial charge in [0.1, 0.15) is 6.20 Å². The Labute approximate surface area is 68.9 Å². The summed E-state index contributed by atoms with van der Waals surface area (Å²) in [7, 11) is 0. The Morgan fingerprint density at radius 2 is 1.92 bits per heavy atom. The zero-order valence-corrected chi connectivity index (χ0v) is 6.15. The highest BCUT2D eigenvalue weighted by atomic mass is 16.3. The van der Waals surface area contributed by atoms with Crippen LogP contribution >= 0.6 is 0 Å². The summed E-state index contributed by atoms with van der Waals surface area (Å²) in [5, 5.41) is 18.9. The number of pyridine rings is 1. The lowest BCUT2D eigenvalue weighted by atomic mass is 10.2. The van der Waals surface area contributed by atoms with Crippen LogP contribution in [0.1, 0.15) is 0 Å². The van der Waals surface area contributed by atoms with Crippen molar-refractivity contribution in [3.8, 4) is 11.5 Å². The minimum Gasteiger partial charge on any atom is -0.504 e. The summed E-state index contributed by atoms with van der Waals surface area (Å²) in [4.78, 5) is 3.81. The van der Waals surface area contributed by atoms with Gasteiger partial charge in [-0.2, -0.15) is 0 Å². The lowest BCUT2D eigenvalue weighted by molar-refractivity contribution is 0.405. The van der Waals surface area contributed by atoms with E-state index in [1.54, 1.807) is 24.3 Å². The molecule has 3 nitrogen and oxygen atoms in total. The lowest BCUT2D eigenvalue weighted by Gasteiger charge is -1.99. The SMILES string of the molecule is Oc1[c]nc2ccccc2c1O. The average molecular weight is 160 g/mol. The maximum Gasteiger partial charge on any atom is 0.186 e. The number of hydrogen-bond donors (Lipinski definition) is 2. The van der Waals surface area contributed by atoms with Crippen LogP contribution in [0.2, 0.25) is 0 Å². The first-order chi connectivity index (χ1) is 5.79. The molecule has 0 unspecified atom stereocenters. The van der Waals surface area contributed by atoms with Crippen molar-refractivity contribution in [2.24, 2.45) is 0 Å². The number of aromatic hydroxyl groups is 2. The Hall–Kier alpha value is -1.77. The second-order valence-electron chi connectivity index (χ2n) is 2.44. The molecule has 59 valence electrons. The van der Waals surface area contributed by atoms with Crippen molar-refractivity contribution < 1.29 is 10.2 Å². The van der Waals surface area contributed by atoms with Crippen LogP contribution in [-0.2, 0) is 0 Å². The van der Waals surface area contributed by atoms with Crippen LogP contribution in [0.3, 0.4) is 0 Å². The van der Waals surface area contributed by atoms with Crippen LogP contribution in [0.15, 0.2) is 24.3 Å². The molecular formula is C9H6NO2. The Bertz CT molecular complexity index is 426. The summed E-state index contributed by atoms with van der Waals surface area (Å²) in [6, 6.07) is 7.00. The molecule has 1 aromatic heterocycles. The number of hydrogen-bond acceptors (Lipinski definition) is 3. The monoisotopic (exact) mass is 160 g/mol. The van der Waals surface area contributed by atoms with Gasteiger partial charge >= 0.3 is 0 Å². The van der Waals surface area contributed by atoms with Gasteiger partial charge in [-0.15, -0.1) is 0 Å². The molecule has 0 amide bonds. The van der Waals surface area contributed by atoms with Crippen LogP contribution < -0.4 is 0 Å². The number of para-hydroxylation sites is 1. The predicted octanol–water partition coefficient (Wildman–Crippen LogP) is 1.45. The predicted molar refractivity (Wildman–Crippen MR) is 43.9 cm³/mol. The molecule has 0 aliphatic carbocycles. The van der Waals surface area contributed by atoms with Crippen LogP contribution in [0, 0.1) is 6.20 Å². The maximum atomic E-state index is 9.34. The van der Waals surface area contributed by atoms with E-state index in [4.69, 9.17) is 5.11 Å². The smallest absolute Gasteiger partial charge is 0.186 e. The van der Waals surface area contributed by atoms with Crippen LogP contribution in [0.4, 0.5) is 0 Å². The first kappa shape index (κ1) is 6.91. The first-order valence-electron chi connectivity index (χ1n) is 3.47. The Morgan fingerprint density at radius 1 is 1.17 bits per heavy atom. The molecule has 2 rings (SSSR count). The zero-order chi connectivity index (χ0) is 8.55. The van der Waals surface area contributed by atoms with E-state index in [-0.39, 0.29) is 11.5 Å². The van der Waals surface area contributed by atoms with E-state index in [1.807, 2.05) is 0 Å². The molecule has 2 aromatic rings. The third kappa shape index (κ3) is 0.871. The summed E-state index contributed by atoms with van der Waals surface area (Å²) in [6.45, 7) is 0. The van der Waals surface area contributed by atoms with Crippen molar-refractivity contribution in [1.82, 2.24) is 4.98 Å². The molecule has 0 saturated carbocycles. The summed E-state index contributed by atoms with van der Waals surface area (Å²) in [6.07, 6.45) is 2.30. The summed E-state index contributed by atoms with van der Waals surface area (Å²) in [5.41, 5.74) is 0.618. The third-order valence-electron chi connectivity index (χ3n) is 1.67.